The van der Waals surface area contributed by atoms with E-state index in [2.05, 4.69) is 15.5 Å². The van der Waals surface area contributed by atoms with E-state index >= 15 is 0 Å². The van der Waals surface area contributed by atoms with Crippen LogP contribution in [0.15, 0.2) is 0 Å². The van der Waals surface area contributed by atoms with Crippen LogP contribution in [0, 0.1) is 0 Å². The second-order valence-corrected chi connectivity index (χ2v) is 9.57. The molecule has 0 spiro atoms. The van der Waals surface area contributed by atoms with Crippen molar-refractivity contribution in [3.8, 4) is 0 Å². The predicted molar refractivity (Wildman–Crippen MR) is 131 cm³/mol. The number of esters is 4. The number of thiocarbonyl (C=S) groups is 1. The van der Waals surface area contributed by atoms with Crippen LogP contribution in [-0.4, -0.2) is 97.3 Å². The van der Waals surface area contributed by atoms with Gasteiger partial charge in [0.25, 0.3) is 0 Å². The minimum atomic E-state index is -1.26. The van der Waals surface area contributed by atoms with Gasteiger partial charge in [-0.25, -0.2) is 0 Å². The van der Waals surface area contributed by atoms with Crippen molar-refractivity contribution in [1.29, 1.82) is 0 Å². The molecule has 1 aliphatic carbocycles. The van der Waals surface area contributed by atoms with Crippen LogP contribution < -0.4 is 10.6 Å². The first kappa shape index (κ1) is 29.7. The molecule has 12 nitrogen and oxygen atoms in total. The number of nitrogens with zero attached hydrogens (tertiary/aromatic N) is 1. The maximum absolute atomic E-state index is 12.0. The first-order chi connectivity index (χ1) is 16.9. The summed E-state index contributed by atoms with van der Waals surface area (Å²) in [6.07, 6.45) is -1.72. The van der Waals surface area contributed by atoms with E-state index in [9.17, 15) is 19.2 Å². The van der Waals surface area contributed by atoms with Crippen LogP contribution in [0.2, 0.25) is 0 Å². The number of nitrogens with one attached hydrogen (secondary N) is 2. The van der Waals surface area contributed by atoms with Gasteiger partial charge in [0, 0.05) is 39.8 Å². The molecule has 2 N–H and O–H groups in total. The Morgan fingerprint density at radius 3 is 1.94 bits per heavy atom. The van der Waals surface area contributed by atoms with Crippen LogP contribution in [0.3, 0.4) is 0 Å². The lowest BCUT2D eigenvalue weighted by Crippen LogP contribution is -2.67. The van der Waals surface area contributed by atoms with Gasteiger partial charge in [0.15, 0.2) is 29.7 Å². The average Bonchev–Trinajstić information content (AvgIpc) is 2.75. The lowest BCUT2D eigenvalue weighted by molar-refractivity contribution is -0.255. The Morgan fingerprint density at radius 2 is 1.39 bits per heavy atom. The number of likely N-dealkylation sites (N-methyl/N-ethyl adjacent to an activating group) is 1. The average molecular weight is 532 g/mol. The molecule has 0 bridgehead atoms. The third-order valence-corrected chi connectivity index (χ3v) is 6.21. The molecule has 0 aromatic rings. The topological polar surface area (TPSA) is 142 Å². The minimum absolute atomic E-state index is 0.0828. The van der Waals surface area contributed by atoms with Gasteiger partial charge in [-0.15, -0.1) is 0 Å². The van der Waals surface area contributed by atoms with Crippen LogP contribution in [-0.2, 0) is 42.9 Å². The standard InChI is InChI=1S/C23H37N3O9S/c1-12(27)31-11-18-19(32-13(2)28)20(33-14(3)29)21(34-15(4)30)22(35-18)25-23(36)24-16-9-7-8-10-17(16)26(5)6/h16-22H,7-11H2,1-6H3,(H2,24,25,36)/t16-,17-,18-,19-,20-,21-,22-/m1/s1. The van der Waals surface area contributed by atoms with Crippen LogP contribution in [0.1, 0.15) is 53.4 Å². The van der Waals surface area contributed by atoms with E-state index in [-0.39, 0.29) is 23.8 Å². The summed E-state index contributed by atoms with van der Waals surface area (Å²) in [5, 5.41) is 6.57. The fraction of sp³-hybridized carbons (Fsp3) is 0.783. The van der Waals surface area contributed by atoms with Crippen molar-refractivity contribution in [2.75, 3.05) is 20.7 Å². The molecule has 1 aliphatic heterocycles. The van der Waals surface area contributed by atoms with Crippen molar-refractivity contribution in [3.05, 3.63) is 0 Å². The first-order valence-electron chi connectivity index (χ1n) is 11.9. The summed E-state index contributed by atoms with van der Waals surface area (Å²) in [5.41, 5.74) is 0. The maximum atomic E-state index is 12.0. The zero-order chi connectivity index (χ0) is 27.0. The van der Waals surface area contributed by atoms with Gasteiger partial charge in [-0.05, 0) is 39.2 Å². The van der Waals surface area contributed by atoms with E-state index in [0.717, 1.165) is 25.7 Å². The largest absolute Gasteiger partial charge is 0.463 e. The van der Waals surface area contributed by atoms with Gasteiger partial charge >= 0.3 is 23.9 Å². The molecule has 204 valence electrons. The fourth-order valence-corrected chi connectivity index (χ4v) is 4.85. The van der Waals surface area contributed by atoms with E-state index in [1.54, 1.807) is 0 Å². The van der Waals surface area contributed by atoms with Gasteiger partial charge in [0.2, 0.25) is 0 Å². The normalized spacial score (nSPS) is 30.0. The molecular weight excluding hydrogens is 494 g/mol. The number of hydrogen-bond acceptors (Lipinski definition) is 11. The van der Waals surface area contributed by atoms with Gasteiger partial charge in [-0.3, -0.25) is 19.2 Å². The Labute approximate surface area is 216 Å². The molecule has 0 amide bonds. The molecule has 1 saturated carbocycles. The van der Waals surface area contributed by atoms with Gasteiger partial charge in [-0.2, -0.15) is 0 Å². The van der Waals surface area contributed by atoms with Gasteiger partial charge in [0.1, 0.15) is 12.7 Å². The lowest BCUT2D eigenvalue weighted by atomic mass is 9.89. The molecule has 36 heavy (non-hydrogen) atoms. The molecule has 0 aromatic carbocycles. The summed E-state index contributed by atoms with van der Waals surface area (Å²) in [7, 11) is 4.03. The zero-order valence-electron chi connectivity index (χ0n) is 21.6. The second-order valence-electron chi connectivity index (χ2n) is 9.16. The SMILES string of the molecule is CC(=O)OC[C@H]1O[C@@H](NC(=S)N[C@@H]2CCCC[C@H]2N(C)C)[C@H](OC(C)=O)[C@H](OC(C)=O)[C@@H]1OC(C)=O. The van der Waals surface area contributed by atoms with Gasteiger partial charge < -0.3 is 39.2 Å². The van der Waals surface area contributed by atoms with E-state index < -0.39 is 54.5 Å². The predicted octanol–water partition coefficient (Wildman–Crippen LogP) is 0.406. The zero-order valence-corrected chi connectivity index (χ0v) is 22.4. The van der Waals surface area contributed by atoms with E-state index in [1.165, 1.54) is 27.7 Å². The molecule has 7 atom stereocenters. The van der Waals surface area contributed by atoms with E-state index in [1.807, 2.05) is 14.1 Å². The van der Waals surface area contributed by atoms with E-state index in [4.69, 9.17) is 35.9 Å². The molecule has 1 heterocycles. The number of rotatable bonds is 8. The highest BCUT2D eigenvalue weighted by Crippen LogP contribution is 2.28. The highest BCUT2D eigenvalue weighted by molar-refractivity contribution is 7.80. The third kappa shape index (κ3) is 8.86. The molecule has 0 unspecified atom stereocenters. The van der Waals surface area contributed by atoms with Gasteiger partial charge in [0.05, 0.1) is 0 Å². The summed E-state index contributed by atoms with van der Waals surface area (Å²) < 4.78 is 27.4. The van der Waals surface area contributed by atoms with Gasteiger partial charge in [-0.1, -0.05) is 12.8 Å². The van der Waals surface area contributed by atoms with Crippen molar-refractivity contribution in [2.24, 2.45) is 0 Å². The van der Waals surface area contributed by atoms with Crippen LogP contribution in [0.4, 0.5) is 0 Å². The second kappa shape index (κ2) is 13.7. The summed E-state index contributed by atoms with van der Waals surface area (Å²) in [5.74, 6) is -2.64. The number of carbonyl (C=O) groups is 4. The minimum Gasteiger partial charge on any atom is -0.463 e. The van der Waals surface area contributed by atoms with Crippen molar-refractivity contribution in [2.45, 2.75) is 96.1 Å². The summed E-state index contributed by atoms with van der Waals surface area (Å²) in [6.45, 7) is 4.44. The first-order valence-corrected chi connectivity index (χ1v) is 12.3. The Hall–Kier alpha value is -2.51. The van der Waals surface area contributed by atoms with Crippen molar-refractivity contribution in [3.63, 3.8) is 0 Å². The number of hydrogen-bond donors (Lipinski definition) is 2. The third-order valence-electron chi connectivity index (χ3n) is 5.97. The Bertz CT molecular complexity index is 825. The highest BCUT2D eigenvalue weighted by Gasteiger charge is 2.52. The summed E-state index contributed by atoms with van der Waals surface area (Å²) in [4.78, 5) is 49.3. The smallest absolute Gasteiger partial charge is 0.303 e. The quantitative estimate of drug-likeness (QED) is 0.254. The maximum Gasteiger partial charge on any atom is 0.303 e. The van der Waals surface area contributed by atoms with Crippen molar-refractivity contribution in [1.82, 2.24) is 15.5 Å². The molecule has 0 aromatic heterocycles. The lowest BCUT2D eigenvalue weighted by Gasteiger charge is -2.45. The summed E-state index contributed by atoms with van der Waals surface area (Å²) in [6, 6.07) is 0.355. The number of carbonyl (C=O) groups excluding carboxylic acids is 4. The molecule has 2 rings (SSSR count). The highest BCUT2D eigenvalue weighted by atomic mass is 32.1. The van der Waals surface area contributed by atoms with E-state index in [0.29, 0.717) is 0 Å². The molecule has 0 radical (unpaired) electrons. The van der Waals surface area contributed by atoms with Crippen molar-refractivity contribution < 1.29 is 42.9 Å². The molecule has 1 saturated heterocycles. The van der Waals surface area contributed by atoms with Crippen LogP contribution >= 0.6 is 12.2 Å². The number of ether oxygens (including phenoxy) is 5. The summed E-state index contributed by atoms with van der Waals surface area (Å²) >= 11 is 5.55. The Balaban J connectivity index is 2.32. The molecule has 2 aliphatic rings. The van der Waals surface area contributed by atoms with Crippen LogP contribution in [0.5, 0.6) is 0 Å². The molecular formula is C23H37N3O9S. The monoisotopic (exact) mass is 531 g/mol. The molecule has 2 fully saturated rings. The fourth-order valence-electron chi connectivity index (χ4n) is 4.58. The Morgan fingerprint density at radius 1 is 0.833 bits per heavy atom. The van der Waals surface area contributed by atoms with Crippen molar-refractivity contribution >= 4 is 41.2 Å². The van der Waals surface area contributed by atoms with Crippen LogP contribution in [0.25, 0.3) is 0 Å². The Kier molecular flexibility index (Phi) is 11.3. The molecule has 13 heteroatoms.